The third-order valence-corrected chi connectivity index (χ3v) is 3.54. The molecule has 3 rings (SSSR count). The Bertz CT molecular complexity index is 856. The standard InChI is InChI=1S/C19H18N2O5/c1-3-24-19(22)14-6-10-16(11-7-14)25-12-17-20-18(21-26-17)13-4-8-15(23-2)9-5-13/h4-11H,3,12H2,1-2H3. The minimum absolute atomic E-state index is 0.127. The van der Waals surface area contributed by atoms with Crippen LogP contribution in [0.1, 0.15) is 23.2 Å². The van der Waals surface area contributed by atoms with E-state index in [0.29, 0.717) is 29.6 Å². The van der Waals surface area contributed by atoms with Gasteiger partial charge >= 0.3 is 5.97 Å². The lowest BCUT2D eigenvalue weighted by atomic mass is 10.2. The first-order chi connectivity index (χ1) is 12.7. The van der Waals surface area contributed by atoms with Gasteiger partial charge in [-0.25, -0.2) is 4.79 Å². The largest absolute Gasteiger partial charge is 0.497 e. The van der Waals surface area contributed by atoms with Crippen LogP contribution < -0.4 is 9.47 Å². The molecule has 0 bridgehead atoms. The number of carbonyl (C=O) groups excluding carboxylic acids is 1. The lowest BCUT2D eigenvalue weighted by Crippen LogP contribution is -2.04. The minimum Gasteiger partial charge on any atom is -0.497 e. The molecule has 3 aromatic rings. The monoisotopic (exact) mass is 354 g/mol. The molecule has 134 valence electrons. The van der Waals surface area contributed by atoms with Crippen molar-refractivity contribution in [3.63, 3.8) is 0 Å². The Morgan fingerprint density at radius 1 is 1.04 bits per heavy atom. The van der Waals surface area contributed by atoms with Crippen molar-refractivity contribution in [3.8, 4) is 22.9 Å². The van der Waals surface area contributed by atoms with Gasteiger partial charge in [-0.2, -0.15) is 4.98 Å². The Hall–Kier alpha value is -3.35. The second-order valence-corrected chi connectivity index (χ2v) is 5.27. The molecule has 0 aliphatic rings. The van der Waals surface area contributed by atoms with Gasteiger partial charge in [-0.05, 0) is 55.5 Å². The average Bonchev–Trinajstić information content (AvgIpc) is 3.16. The number of ether oxygens (including phenoxy) is 3. The van der Waals surface area contributed by atoms with Crippen molar-refractivity contribution in [2.45, 2.75) is 13.5 Å². The lowest BCUT2D eigenvalue weighted by molar-refractivity contribution is 0.0526. The Kier molecular flexibility index (Phi) is 5.48. The molecule has 0 aliphatic carbocycles. The molecule has 0 saturated heterocycles. The van der Waals surface area contributed by atoms with E-state index in [1.54, 1.807) is 38.3 Å². The van der Waals surface area contributed by atoms with Crippen LogP contribution in [0, 0.1) is 0 Å². The van der Waals surface area contributed by atoms with Crippen molar-refractivity contribution in [1.29, 1.82) is 0 Å². The molecule has 0 unspecified atom stereocenters. The van der Waals surface area contributed by atoms with E-state index in [1.807, 2.05) is 24.3 Å². The van der Waals surface area contributed by atoms with Crippen molar-refractivity contribution in [3.05, 3.63) is 60.0 Å². The Labute approximate surface area is 150 Å². The normalized spacial score (nSPS) is 10.4. The van der Waals surface area contributed by atoms with Crippen molar-refractivity contribution in [2.24, 2.45) is 0 Å². The van der Waals surface area contributed by atoms with Crippen LogP contribution in [0.15, 0.2) is 53.1 Å². The third-order valence-electron chi connectivity index (χ3n) is 3.54. The Morgan fingerprint density at radius 2 is 1.73 bits per heavy atom. The van der Waals surface area contributed by atoms with Crippen LogP contribution in [0.2, 0.25) is 0 Å². The van der Waals surface area contributed by atoms with Gasteiger partial charge in [0.05, 0.1) is 19.3 Å². The van der Waals surface area contributed by atoms with Crippen molar-refractivity contribution in [2.75, 3.05) is 13.7 Å². The van der Waals surface area contributed by atoms with Gasteiger partial charge in [0.2, 0.25) is 5.82 Å². The fraction of sp³-hybridized carbons (Fsp3) is 0.211. The molecule has 0 aliphatic heterocycles. The molecular formula is C19H18N2O5. The van der Waals surface area contributed by atoms with Gasteiger partial charge in [0.25, 0.3) is 5.89 Å². The fourth-order valence-electron chi connectivity index (χ4n) is 2.22. The number of aromatic nitrogens is 2. The summed E-state index contributed by atoms with van der Waals surface area (Å²) >= 11 is 0. The summed E-state index contributed by atoms with van der Waals surface area (Å²) in [6.07, 6.45) is 0. The summed E-state index contributed by atoms with van der Waals surface area (Å²) in [4.78, 5) is 15.9. The van der Waals surface area contributed by atoms with E-state index in [2.05, 4.69) is 10.1 Å². The molecule has 1 heterocycles. The van der Waals surface area contributed by atoms with Crippen LogP contribution in [-0.4, -0.2) is 29.8 Å². The molecule has 0 amide bonds. The van der Waals surface area contributed by atoms with Crippen molar-refractivity contribution < 1.29 is 23.5 Å². The summed E-state index contributed by atoms with van der Waals surface area (Å²) in [5.41, 5.74) is 1.29. The van der Waals surface area contributed by atoms with E-state index >= 15 is 0 Å². The summed E-state index contributed by atoms with van der Waals surface area (Å²) in [5.74, 6) is 1.81. The predicted molar refractivity (Wildman–Crippen MR) is 93.0 cm³/mol. The molecule has 0 radical (unpaired) electrons. The maximum Gasteiger partial charge on any atom is 0.338 e. The SMILES string of the molecule is CCOC(=O)c1ccc(OCc2nc(-c3ccc(OC)cc3)no2)cc1. The maximum atomic E-state index is 11.6. The molecule has 0 N–H and O–H groups in total. The second kappa shape index (κ2) is 8.15. The van der Waals surface area contributed by atoms with Crippen LogP contribution in [0.25, 0.3) is 11.4 Å². The molecule has 0 fully saturated rings. The van der Waals surface area contributed by atoms with E-state index in [1.165, 1.54) is 0 Å². The first kappa shape index (κ1) is 17.5. The zero-order valence-electron chi connectivity index (χ0n) is 14.5. The van der Waals surface area contributed by atoms with Crippen LogP contribution in [0.5, 0.6) is 11.5 Å². The highest BCUT2D eigenvalue weighted by Crippen LogP contribution is 2.20. The number of rotatable bonds is 7. The summed E-state index contributed by atoms with van der Waals surface area (Å²) in [6.45, 7) is 2.23. The van der Waals surface area contributed by atoms with Gasteiger partial charge in [0.15, 0.2) is 6.61 Å². The molecule has 0 atom stereocenters. The molecule has 26 heavy (non-hydrogen) atoms. The molecule has 0 saturated carbocycles. The zero-order chi connectivity index (χ0) is 18.4. The molecule has 7 nitrogen and oxygen atoms in total. The van der Waals surface area contributed by atoms with E-state index < -0.39 is 0 Å². The van der Waals surface area contributed by atoms with Crippen LogP contribution in [0.3, 0.4) is 0 Å². The quantitative estimate of drug-likeness (QED) is 0.600. The molecule has 0 spiro atoms. The number of nitrogens with zero attached hydrogens (tertiary/aromatic N) is 2. The zero-order valence-corrected chi connectivity index (χ0v) is 14.5. The number of hydrogen-bond acceptors (Lipinski definition) is 7. The van der Waals surface area contributed by atoms with Crippen LogP contribution >= 0.6 is 0 Å². The average molecular weight is 354 g/mol. The summed E-state index contributed by atoms with van der Waals surface area (Å²) in [7, 11) is 1.61. The Balaban J connectivity index is 1.60. The van der Waals surface area contributed by atoms with Gasteiger partial charge < -0.3 is 18.7 Å². The number of esters is 1. The van der Waals surface area contributed by atoms with Gasteiger partial charge in [0.1, 0.15) is 11.5 Å². The summed E-state index contributed by atoms with van der Waals surface area (Å²) in [5, 5.41) is 3.94. The number of hydrogen-bond donors (Lipinski definition) is 0. The molecule has 1 aromatic heterocycles. The summed E-state index contributed by atoms with van der Waals surface area (Å²) < 4.78 is 20.9. The van der Waals surface area contributed by atoms with E-state index in [4.69, 9.17) is 18.7 Å². The Morgan fingerprint density at radius 3 is 2.38 bits per heavy atom. The summed E-state index contributed by atoms with van der Waals surface area (Å²) in [6, 6.07) is 14.0. The van der Waals surface area contributed by atoms with Gasteiger partial charge in [-0.15, -0.1) is 0 Å². The highest BCUT2D eigenvalue weighted by atomic mass is 16.5. The van der Waals surface area contributed by atoms with E-state index in [-0.39, 0.29) is 12.6 Å². The third kappa shape index (κ3) is 4.18. The topological polar surface area (TPSA) is 83.7 Å². The highest BCUT2D eigenvalue weighted by Gasteiger charge is 2.10. The van der Waals surface area contributed by atoms with Gasteiger partial charge in [0, 0.05) is 5.56 Å². The highest BCUT2D eigenvalue weighted by molar-refractivity contribution is 5.89. The van der Waals surface area contributed by atoms with E-state index in [9.17, 15) is 4.79 Å². The smallest absolute Gasteiger partial charge is 0.338 e. The lowest BCUT2D eigenvalue weighted by Gasteiger charge is -2.05. The van der Waals surface area contributed by atoms with Crippen molar-refractivity contribution >= 4 is 5.97 Å². The number of benzene rings is 2. The molecular weight excluding hydrogens is 336 g/mol. The minimum atomic E-state index is -0.361. The number of carbonyl (C=O) groups is 1. The first-order valence-corrected chi connectivity index (χ1v) is 8.06. The van der Waals surface area contributed by atoms with E-state index in [0.717, 1.165) is 11.3 Å². The maximum absolute atomic E-state index is 11.6. The van der Waals surface area contributed by atoms with Gasteiger partial charge in [-0.1, -0.05) is 5.16 Å². The number of methoxy groups -OCH3 is 1. The predicted octanol–water partition coefficient (Wildman–Crippen LogP) is 3.50. The van der Waals surface area contributed by atoms with Crippen LogP contribution in [0.4, 0.5) is 0 Å². The fourth-order valence-corrected chi connectivity index (χ4v) is 2.22. The second-order valence-electron chi connectivity index (χ2n) is 5.27. The molecule has 2 aromatic carbocycles. The van der Waals surface area contributed by atoms with Crippen LogP contribution in [-0.2, 0) is 11.3 Å². The molecule has 7 heteroatoms. The van der Waals surface area contributed by atoms with Gasteiger partial charge in [-0.3, -0.25) is 0 Å². The van der Waals surface area contributed by atoms with Crippen molar-refractivity contribution in [1.82, 2.24) is 10.1 Å². The first-order valence-electron chi connectivity index (χ1n) is 8.06.